The molecule has 1 saturated heterocycles. The normalized spacial score (nSPS) is 22.1. The average Bonchev–Trinajstić information content (AvgIpc) is 3.07. The van der Waals surface area contributed by atoms with Crippen LogP contribution in [0.2, 0.25) is 0 Å². The van der Waals surface area contributed by atoms with E-state index >= 15 is 0 Å². The summed E-state index contributed by atoms with van der Waals surface area (Å²) in [5.74, 6) is -0.749. The molecule has 1 amide bonds. The highest BCUT2D eigenvalue weighted by Gasteiger charge is 2.44. The third-order valence-corrected chi connectivity index (χ3v) is 5.44. The molecule has 2 unspecified atom stereocenters. The summed E-state index contributed by atoms with van der Waals surface area (Å²) in [6.07, 6.45) is -1.23. The van der Waals surface area contributed by atoms with E-state index in [4.69, 9.17) is 0 Å². The highest BCUT2D eigenvalue weighted by molar-refractivity contribution is 5.85. The molecular formula is C18H28F3N3O2. The van der Waals surface area contributed by atoms with E-state index in [1.165, 1.54) is 0 Å². The second-order valence-electron chi connectivity index (χ2n) is 7.30. The molecule has 2 atom stereocenters. The van der Waals surface area contributed by atoms with Gasteiger partial charge in [0.25, 0.3) is 0 Å². The summed E-state index contributed by atoms with van der Waals surface area (Å²) in [5, 5.41) is 13.9. The molecule has 0 saturated carbocycles. The van der Waals surface area contributed by atoms with Crippen molar-refractivity contribution in [1.82, 2.24) is 14.7 Å². The van der Waals surface area contributed by atoms with E-state index in [-0.39, 0.29) is 12.5 Å². The van der Waals surface area contributed by atoms with Gasteiger partial charge >= 0.3 is 6.18 Å². The van der Waals surface area contributed by atoms with E-state index in [2.05, 4.69) is 5.10 Å². The van der Waals surface area contributed by atoms with Crippen LogP contribution in [0.25, 0.3) is 0 Å². The van der Waals surface area contributed by atoms with Crippen molar-refractivity contribution in [1.29, 1.82) is 0 Å². The molecular weight excluding hydrogens is 347 g/mol. The number of alkyl halides is 3. The Bertz CT molecular complexity index is 657. The Kier molecular flexibility index (Phi) is 6.05. The van der Waals surface area contributed by atoms with Crippen LogP contribution >= 0.6 is 0 Å². The number of carbonyl (C=O) groups excluding carboxylic acids is 1. The van der Waals surface area contributed by atoms with E-state index in [0.717, 1.165) is 23.9 Å². The lowest BCUT2D eigenvalue weighted by atomic mass is 9.89. The summed E-state index contributed by atoms with van der Waals surface area (Å²) < 4.78 is 39.1. The van der Waals surface area contributed by atoms with Gasteiger partial charge in [0, 0.05) is 17.8 Å². The first-order valence-corrected chi connectivity index (χ1v) is 9.09. The van der Waals surface area contributed by atoms with E-state index in [0.29, 0.717) is 29.9 Å². The predicted molar refractivity (Wildman–Crippen MR) is 91.8 cm³/mol. The largest absolute Gasteiger partial charge is 0.408 e. The molecule has 0 radical (unpaired) electrons. The van der Waals surface area contributed by atoms with Gasteiger partial charge in [0.05, 0.1) is 23.8 Å². The van der Waals surface area contributed by atoms with Crippen LogP contribution in [-0.2, 0) is 11.3 Å². The molecule has 0 aliphatic carbocycles. The predicted octanol–water partition coefficient (Wildman–Crippen LogP) is 3.32. The standard InChI is InChI=1S/C18H28F3N3O2/c1-5-7-17(11-25)8-6-9-23(17)16(26)12(2)15-13(3)22-24(14(15)4)10-18(19,20)21/h12,25H,5-11H2,1-4H3. The van der Waals surface area contributed by atoms with Crippen LogP contribution in [0.15, 0.2) is 0 Å². The summed E-state index contributed by atoms with van der Waals surface area (Å²) >= 11 is 0. The van der Waals surface area contributed by atoms with Crippen molar-refractivity contribution in [3.8, 4) is 0 Å². The molecule has 2 rings (SSSR count). The summed E-state index contributed by atoms with van der Waals surface area (Å²) in [6.45, 7) is 6.24. The number of hydrogen-bond acceptors (Lipinski definition) is 3. The van der Waals surface area contributed by atoms with Gasteiger partial charge in [0.2, 0.25) is 5.91 Å². The SMILES string of the molecule is CCCC1(CO)CCCN1C(=O)C(C)c1c(C)nn(CC(F)(F)F)c1C. The van der Waals surface area contributed by atoms with Crippen LogP contribution in [0.3, 0.4) is 0 Å². The van der Waals surface area contributed by atoms with Gasteiger partial charge < -0.3 is 10.0 Å². The number of aryl methyl sites for hydroxylation is 1. The average molecular weight is 375 g/mol. The van der Waals surface area contributed by atoms with Crippen molar-refractivity contribution in [3.05, 3.63) is 17.0 Å². The number of likely N-dealkylation sites (tertiary alicyclic amines) is 1. The molecule has 5 nitrogen and oxygen atoms in total. The number of carbonyl (C=O) groups is 1. The zero-order chi connectivity index (χ0) is 19.7. The molecule has 0 bridgehead atoms. The number of hydrogen-bond donors (Lipinski definition) is 1. The van der Waals surface area contributed by atoms with Gasteiger partial charge in [-0.3, -0.25) is 9.48 Å². The Labute approximate surface area is 152 Å². The highest BCUT2D eigenvalue weighted by Crippen LogP contribution is 2.37. The van der Waals surface area contributed by atoms with Gasteiger partial charge in [0.1, 0.15) is 6.54 Å². The van der Waals surface area contributed by atoms with Crippen LogP contribution in [0.5, 0.6) is 0 Å². The van der Waals surface area contributed by atoms with Gasteiger partial charge in [-0.15, -0.1) is 0 Å². The van der Waals surface area contributed by atoms with Gasteiger partial charge in [-0.1, -0.05) is 13.3 Å². The van der Waals surface area contributed by atoms with Crippen LogP contribution in [-0.4, -0.2) is 50.6 Å². The fourth-order valence-electron chi connectivity index (χ4n) is 4.27. The van der Waals surface area contributed by atoms with Gasteiger partial charge in [-0.05, 0) is 40.0 Å². The van der Waals surface area contributed by atoms with Gasteiger partial charge in [-0.2, -0.15) is 18.3 Å². The minimum absolute atomic E-state index is 0.0927. The molecule has 8 heteroatoms. The quantitative estimate of drug-likeness (QED) is 0.830. The molecule has 1 aliphatic heterocycles. The second-order valence-corrected chi connectivity index (χ2v) is 7.30. The lowest BCUT2D eigenvalue weighted by Crippen LogP contribution is -2.51. The zero-order valence-corrected chi connectivity index (χ0v) is 15.9. The van der Waals surface area contributed by atoms with Crippen LogP contribution in [0, 0.1) is 13.8 Å². The molecule has 1 aromatic rings. The van der Waals surface area contributed by atoms with Crippen molar-refractivity contribution >= 4 is 5.91 Å². The van der Waals surface area contributed by atoms with Crippen molar-refractivity contribution in [2.75, 3.05) is 13.2 Å². The summed E-state index contributed by atoms with van der Waals surface area (Å²) in [5.41, 5.74) is 0.806. The number of nitrogens with zero attached hydrogens (tertiary/aromatic N) is 3. The number of aromatic nitrogens is 2. The van der Waals surface area contributed by atoms with Crippen molar-refractivity contribution in [2.24, 2.45) is 0 Å². The monoisotopic (exact) mass is 375 g/mol. The Balaban J connectivity index is 2.31. The Morgan fingerprint density at radius 1 is 1.38 bits per heavy atom. The van der Waals surface area contributed by atoms with Crippen LogP contribution < -0.4 is 0 Å². The topological polar surface area (TPSA) is 58.4 Å². The number of aliphatic hydroxyl groups excluding tert-OH is 1. The second kappa shape index (κ2) is 7.58. The fourth-order valence-corrected chi connectivity index (χ4v) is 4.27. The molecule has 1 fully saturated rings. The van der Waals surface area contributed by atoms with Gasteiger partial charge in [0.15, 0.2) is 0 Å². The van der Waals surface area contributed by atoms with Crippen molar-refractivity contribution < 1.29 is 23.1 Å². The maximum atomic E-state index is 13.1. The molecule has 0 aromatic carbocycles. The molecule has 2 heterocycles. The van der Waals surface area contributed by atoms with Crippen LogP contribution in [0.4, 0.5) is 13.2 Å². The molecule has 148 valence electrons. The van der Waals surface area contributed by atoms with E-state index in [1.54, 1.807) is 25.7 Å². The Hall–Kier alpha value is -1.57. The zero-order valence-electron chi connectivity index (χ0n) is 15.9. The fraction of sp³-hybridized carbons (Fsp3) is 0.778. The first-order valence-electron chi connectivity index (χ1n) is 9.09. The number of amides is 1. The lowest BCUT2D eigenvalue weighted by Gasteiger charge is -2.38. The molecule has 26 heavy (non-hydrogen) atoms. The summed E-state index contributed by atoms with van der Waals surface area (Å²) in [7, 11) is 0. The minimum Gasteiger partial charge on any atom is -0.394 e. The van der Waals surface area contributed by atoms with Crippen LogP contribution in [0.1, 0.15) is 62.4 Å². The number of halogens is 3. The van der Waals surface area contributed by atoms with E-state index < -0.39 is 24.2 Å². The molecule has 1 aromatic heterocycles. The van der Waals surface area contributed by atoms with E-state index in [1.807, 2.05) is 6.92 Å². The lowest BCUT2D eigenvalue weighted by molar-refractivity contribution is -0.143. The molecule has 1 N–H and O–H groups in total. The number of aliphatic hydroxyl groups is 1. The van der Waals surface area contributed by atoms with Gasteiger partial charge in [-0.25, -0.2) is 0 Å². The Morgan fingerprint density at radius 3 is 2.58 bits per heavy atom. The smallest absolute Gasteiger partial charge is 0.394 e. The molecule has 0 spiro atoms. The maximum Gasteiger partial charge on any atom is 0.408 e. The minimum atomic E-state index is -4.37. The first kappa shape index (κ1) is 20.7. The third kappa shape index (κ3) is 3.89. The van der Waals surface area contributed by atoms with Crippen molar-refractivity contribution in [3.63, 3.8) is 0 Å². The highest BCUT2D eigenvalue weighted by atomic mass is 19.4. The number of rotatable bonds is 6. The third-order valence-electron chi connectivity index (χ3n) is 5.44. The maximum absolute atomic E-state index is 13.1. The van der Waals surface area contributed by atoms with Crippen molar-refractivity contribution in [2.45, 2.75) is 77.6 Å². The van der Waals surface area contributed by atoms with E-state index in [9.17, 15) is 23.1 Å². The Morgan fingerprint density at radius 2 is 2.04 bits per heavy atom. The summed E-state index contributed by atoms with van der Waals surface area (Å²) in [6, 6.07) is 0. The summed E-state index contributed by atoms with van der Waals surface area (Å²) in [4.78, 5) is 14.9. The first-order chi connectivity index (χ1) is 12.1. The molecule has 1 aliphatic rings.